The van der Waals surface area contributed by atoms with Crippen LogP contribution in [0.3, 0.4) is 0 Å². The number of H-pyrrole nitrogens is 2. The zero-order valence-electron chi connectivity index (χ0n) is 64.7. The lowest BCUT2D eigenvalue weighted by Gasteiger charge is -2.28. The van der Waals surface area contributed by atoms with Crippen LogP contribution in [0.25, 0.3) is 21.8 Å². The van der Waals surface area contributed by atoms with E-state index in [1.807, 2.05) is 0 Å². The molecule has 0 aliphatic heterocycles. The summed E-state index contributed by atoms with van der Waals surface area (Å²) in [6.45, 7) is 1.17. The van der Waals surface area contributed by atoms with Gasteiger partial charge >= 0.3 is 29.8 Å². The quantitative estimate of drug-likeness (QED) is 0.00845. The second-order valence-corrected chi connectivity index (χ2v) is 28.3. The minimum Gasteiger partial charge on any atom is -0.481 e. The summed E-state index contributed by atoms with van der Waals surface area (Å²) >= 11 is 8.36. The highest BCUT2D eigenvalue weighted by molar-refractivity contribution is 7.80. The number of aliphatic hydroxyl groups excluding tert-OH is 1. The van der Waals surface area contributed by atoms with Gasteiger partial charge in [0.15, 0.2) is 5.96 Å². The number of amides is 13. The number of aliphatic carboxylic acids is 5. The van der Waals surface area contributed by atoms with E-state index < -0.39 is 254 Å². The number of guanidine groups is 1. The van der Waals surface area contributed by atoms with Crippen LogP contribution in [-0.2, 0) is 99.1 Å². The molecule has 654 valence electrons. The number of nitrogens with one attached hydrogen (secondary N) is 16. The highest BCUT2D eigenvalue weighted by atomic mass is 32.1. The Hall–Kier alpha value is -12.2. The number of carboxylic acids is 5. The van der Waals surface area contributed by atoms with Crippen LogP contribution in [0.1, 0.15) is 114 Å². The van der Waals surface area contributed by atoms with Crippen molar-refractivity contribution in [2.45, 2.75) is 201 Å². The first kappa shape index (κ1) is 99.2. The minimum absolute atomic E-state index is 0.0354. The van der Waals surface area contributed by atoms with Gasteiger partial charge in [-0.1, -0.05) is 36.4 Å². The Morgan fingerprint density at radius 3 is 1.13 bits per heavy atom. The molecule has 0 saturated carbocycles. The summed E-state index contributed by atoms with van der Waals surface area (Å²) in [5, 5.41) is 98.7. The molecule has 0 bridgehead atoms. The van der Waals surface area contributed by atoms with Crippen LogP contribution in [0.15, 0.2) is 60.9 Å². The first-order valence-electron chi connectivity index (χ1n) is 37.6. The van der Waals surface area contributed by atoms with Crippen molar-refractivity contribution in [3.63, 3.8) is 0 Å². The van der Waals surface area contributed by atoms with Crippen LogP contribution >= 0.6 is 25.3 Å². The molecule has 0 radical (unpaired) electrons. The van der Waals surface area contributed by atoms with Crippen molar-refractivity contribution in [1.29, 1.82) is 5.41 Å². The third-order valence-electron chi connectivity index (χ3n) is 18.3. The molecule has 0 saturated heterocycles. The Morgan fingerprint density at radius 1 is 0.403 bits per heavy atom. The number of para-hydroxylation sites is 2. The number of rotatable bonds is 56. The third kappa shape index (κ3) is 34.1. The van der Waals surface area contributed by atoms with Gasteiger partial charge in [-0.05, 0) is 107 Å². The molecule has 0 fully saturated rings. The zero-order valence-corrected chi connectivity index (χ0v) is 66.5. The van der Waals surface area contributed by atoms with Gasteiger partial charge in [0.2, 0.25) is 76.8 Å². The molecular weight excluding hydrogens is 1610 g/mol. The number of fused-ring (bicyclic) bond motifs is 2. The molecule has 13 amide bonds. The molecule has 47 heteroatoms. The Kier molecular flexibility index (Phi) is 42.0. The molecule has 0 aliphatic carbocycles. The van der Waals surface area contributed by atoms with E-state index in [1.54, 1.807) is 48.5 Å². The first-order valence-corrected chi connectivity index (χ1v) is 38.8. The fourth-order valence-electron chi connectivity index (χ4n) is 12.0. The number of aromatic amines is 2. The van der Waals surface area contributed by atoms with Crippen molar-refractivity contribution in [2.24, 2.45) is 28.7 Å². The Balaban J connectivity index is 1.56. The number of aromatic nitrogens is 2. The number of carboxylic acid groups (broad SMARTS) is 5. The number of benzene rings is 2. The number of thiol groups is 2. The summed E-state index contributed by atoms with van der Waals surface area (Å²) in [6.07, 6.45) is -5.29. The van der Waals surface area contributed by atoms with Gasteiger partial charge < -0.3 is 138 Å². The first-order chi connectivity index (χ1) is 56.3. The minimum atomic E-state index is -2.19. The third-order valence-corrected chi connectivity index (χ3v) is 19.0. The standard InChI is InChI=1S/C72H105N21O24S2/c1-34(94)58(70(115)85-45(19-21-55(98)99)63(108)90-50(29-57(102)103)66(111)88-48(26-36-31-81-41-14-5-3-12-38(36)41)65(110)86-46(71(116)117)16-7-9-23-74)93-67(112)49(28-53(76)95)89-68(113)51(32-118)92-69(114)52(33-119)91-61(106)43(17-10-24-79-72(77)78)83-60(105)42(15-6-8-22-73)82-62(107)44(18-20-54(96)97)84-64(109)47(87-59(104)39(75)27-56(100)101)25-35-30-80-40-13-4-2-11-37(35)40/h2-5,11-14,30-31,34,39,42-52,58,80-81,94,118-119H,6-10,15-29,32-33,73-75H2,1H3,(H2,76,95)(H,82,107)(H,83,105)(H,84,109)(H,85,115)(H,86,110)(H,87,104)(H,88,111)(H,89,113)(H,90,108)(H,91,106)(H,92,114)(H,93,112)(H,96,97)(H,98,99)(H,100,101)(H,102,103)(H,116,117)(H4,77,78,79)/t34-,39+,42+,43+,44+,45+,46+,47+,48+,49+,50+,51+,52+,58+/m1/s1. The molecule has 0 aliphatic rings. The van der Waals surface area contributed by atoms with E-state index in [9.17, 15) is 117 Å². The lowest BCUT2D eigenvalue weighted by atomic mass is 10.0. The SMILES string of the molecule is C[C@@H](O)[C@H](NC(=O)[C@H](CC(N)=O)NC(=O)[C@H](CS)NC(=O)[C@H](CS)NC(=O)[C@H](CCCNC(=N)N)NC(=O)[C@H](CCCCN)NC(=O)[C@H](CCC(=O)O)NC(=O)[C@H](Cc1c[nH]c2ccccc12)NC(=O)[C@@H](N)CC(=O)O)C(=O)N[C@@H](CCC(=O)O)C(=O)N[C@@H](CC(=O)O)C(=O)N[C@@H](Cc1c[nH]c2ccccc12)C(=O)N[C@@H](CCCCN)C(=O)O. The number of carbonyl (C=O) groups is 18. The van der Waals surface area contributed by atoms with Gasteiger partial charge in [0.05, 0.1) is 31.4 Å². The fraction of sp³-hybridized carbons (Fsp3) is 0.514. The number of carbonyl (C=O) groups excluding carboxylic acids is 13. The molecule has 2 aromatic heterocycles. The molecular formula is C72H105N21O24S2. The van der Waals surface area contributed by atoms with E-state index in [0.717, 1.165) is 6.92 Å². The lowest BCUT2D eigenvalue weighted by Crippen LogP contribution is -2.62. The van der Waals surface area contributed by atoms with Gasteiger partial charge in [-0.15, -0.1) is 0 Å². The van der Waals surface area contributed by atoms with Crippen molar-refractivity contribution in [3.05, 3.63) is 72.1 Å². The number of hydrogen-bond donors (Lipinski definition) is 29. The second kappa shape index (κ2) is 50.4. The summed E-state index contributed by atoms with van der Waals surface area (Å²) in [7, 11) is 0. The van der Waals surface area contributed by atoms with Crippen LogP contribution < -0.4 is 97.8 Å². The van der Waals surface area contributed by atoms with Crippen molar-refractivity contribution >= 4 is 160 Å². The van der Waals surface area contributed by atoms with Crippen molar-refractivity contribution in [1.82, 2.24) is 79.1 Å². The summed E-state index contributed by atoms with van der Waals surface area (Å²) in [5.74, 6) is -25.1. The summed E-state index contributed by atoms with van der Waals surface area (Å²) in [6, 6.07) is -9.74. The summed E-state index contributed by atoms with van der Waals surface area (Å²) in [5.41, 5.74) is 30.2. The number of unbranched alkanes of at least 4 members (excludes halogenated alkanes) is 2. The summed E-state index contributed by atoms with van der Waals surface area (Å²) in [4.78, 5) is 248. The van der Waals surface area contributed by atoms with Crippen molar-refractivity contribution < 1.29 is 117 Å². The predicted molar refractivity (Wildman–Crippen MR) is 429 cm³/mol. The van der Waals surface area contributed by atoms with E-state index in [1.165, 1.54) is 12.4 Å². The van der Waals surface area contributed by atoms with Crippen LogP contribution in [0.5, 0.6) is 0 Å². The van der Waals surface area contributed by atoms with Crippen molar-refractivity contribution in [3.8, 4) is 0 Å². The zero-order chi connectivity index (χ0) is 88.8. The van der Waals surface area contributed by atoms with Gasteiger partial charge in [-0.2, -0.15) is 25.3 Å². The summed E-state index contributed by atoms with van der Waals surface area (Å²) < 4.78 is 0. The molecule has 14 atom stereocenters. The second-order valence-electron chi connectivity index (χ2n) is 27.6. The number of nitrogens with two attached hydrogens (primary N) is 5. The van der Waals surface area contributed by atoms with Crippen LogP contribution in [0, 0.1) is 5.41 Å². The maximum absolute atomic E-state index is 14.5. The molecule has 45 nitrogen and oxygen atoms in total. The van der Waals surface area contributed by atoms with E-state index in [0.29, 0.717) is 39.4 Å². The average molecular weight is 1710 g/mol. The molecule has 119 heavy (non-hydrogen) atoms. The maximum atomic E-state index is 14.5. The maximum Gasteiger partial charge on any atom is 0.326 e. The van der Waals surface area contributed by atoms with Crippen LogP contribution in [-0.4, -0.2) is 269 Å². The lowest BCUT2D eigenvalue weighted by molar-refractivity contribution is -0.143. The smallest absolute Gasteiger partial charge is 0.326 e. The Labute approximate surface area is 690 Å². The number of primary amides is 1. The van der Waals surface area contributed by atoms with Crippen LogP contribution in [0.4, 0.5) is 0 Å². The van der Waals surface area contributed by atoms with E-state index in [2.05, 4.69) is 104 Å². The molecule has 2 aromatic carbocycles. The van der Waals surface area contributed by atoms with Crippen LogP contribution in [0.2, 0.25) is 0 Å². The van der Waals surface area contributed by atoms with Gasteiger partial charge in [0, 0.05) is 77.9 Å². The molecule has 4 aromatic rings. The van der Waals surface area contributed by atoms with Crippen molar-refractivity contribution in [2.75, 3.05) is 31.1 Å². The Morgan fingerprint density at radius 2 is 0.739 bits per heavy atom. The normalized spacial score (nSPS) is 14.6. The monoisotopic (exact) mass is 1710 g/mol. The van der Waals surface area contributed by atoms with Gasteiger partial charge in [-0.3, -0.25) is 86.9 Å². The number of aliphatic hydroxyl groups is 1. The van der Waals surface area contributed by atoms with E-state index >= 15 is 0 Å². The fourth-order valence-corrected chi connectivity index (χ4v) is 12.5. The Bertz CT molecular complexity index is 4260. The molecule has 0 spiro atoms. The highest BCUT2D eigenvalue weighted by Gasteiger charge is 2.40. The molecule has 32 N–H and O–H groups in total. The largest absolute Gasteiger partial charge is 0.481 e. The highest BCUT2D eigenvalue weighted by Crippen LogP contribution is 2.22. The number of hydrogen-bond acceptors (Lipinski definition) is 25. The molecule has 2 heterocycles. The molecule has 4 rings (SSSR count). The van der Waals surface area contributed by atoms with E-state index in [-0.39, 0.29) is 77.4 Å². The van der Waals surface area contributed by atoms with Gasteiger partial charge in [0.1, 0.15) is 72.5 Å². The molecule has 0 unspecified atom stereocenters. The van der Waals surface area contributed by atoms with E-state index in [4.69, 9.17) is 34.1 Å². The predicted octanol–water partition coefficient (Wildman–Crippen LogP) is -7.02. The topological polar surface area (TPSA) is 771 Å². The van der Waals surface area contributed by atoms with Gasteiger partial charge in [0.25, 0.3) is 0 Å². The van der Waals surface area contributed by atoms with Gasteiger partial charge in [-0.25, -0.2) is 4.79 Å². The average Bonchev–Trinajstić information content (AvgIpc) is 1.72.